The van der Waals surface area contributed by atoms with Crippen LogP contribution in [0.2, 0.25) is 0 Å². The normalized spacial score (nSPS) is 19.1. The molecule has 3 aromatic rings. The number of nitrogens with one attached hydrogen (secondary N) is 1. The summed E-state index contributed by atoms with van der Waals surface area (Å²) in [4.78, 5) is 0. The first-order valence-electron chi connectivity index (χ1n) is 16.8. The van der Waals surface area contributed by atoms with E-state index in [1.807, 2.05) is 50.2 Å². The molecular formula is C38H48F3NO6. The van der Waals surface area contributed by atoms with E-state index in [-0.39, 0.29) is 30.5 Å². The summed E-state index contributed by atoms with van der Waals surface area (Å²) in [5.74, 6) is 0.854. The second kappa shape index (κ2) is 16.0. The molecule has 1 aliphatic carbocycles. The van der Waals surface area contributed by atoms with Gasteiger partial charge in [-0.3, -0.25) is 0 Å². The molecule has 1 saturated heterocycles. The maximum absolute atomic E-state index is 13.4. The Labute approximate surface area is 281 Å². The number of benzene rings is 3. The second-order valence-corrected chi connectivity index (χ2v) is 13.9. The average molecular weight is 672 g/mol. The van der Waals surface area contributed by atoms with Crippen LogP contribution in [0.3, 0.4) is 0 Å². The predicted octanol–water partition coefficient (Wildman–Crippen LogP) is 7.44. The van der Waals surface area contributed by atoms with E-state index in [0.29, 0.717) is 55.3 Å². The van der Waals surface area contributed by atoms with Gasteiger partial charge in [0.2, 0.25) is 0 Å². The molecule has 262 valence electrons. The van der Waals surface area contributed by atoms with Crippen molar-refractivity contribution in [1.29, 1.82) is 0 Å². The Kier molecular flexibility index (Phi) is 12.1. The monoisotopic (exact) mass is 671 g/mol. The van der Waals surface area contributed by atoms with E-state index in [2.05, 4.69) is 16.1 Å². The molecule has 48 heavy (non-hydrogen) atoms. The number of ether oxygens (including phenoxy) is 4. The van der Waals surface area contributed by atoms with Crippen LogP contribution < -0.4 is 14.8 Å². The van der Waals surface area contributed by atoms with Crippen LogP contribution in [0, 0.1) is 11.3 Å². The third kappa shape index (κ3) is 9.95. The van der Waals surface area contributed by atoms with Gasteiger partial charge >= 0.3 is 6.36 Å². The van der Waals surface area contributed by atoms with Gasteiger partial charge in [0.25, 0.3) is 0 Å². The number of alkyl halides is 3. The van der Waals surface area contributed by atoms with Crippen molar-refractivity contribution in [1.82, 2.24) is 5.32 Å². The minimum Gasteiger partial charge on any atom is -0.496 e. The number of para-hydroxylation sites is 1. The molecule has 2 fully saturated rings. The van der Waals surface area contributed by atoms with E-state index >= 15 is 0 Å². The van der Waals surface area contributed by atoms with Gasteiger partial charge in [-0.25, -0.2) is 0 Å². The van der Waals surface area contributed by atoms with Crippen LogP contribution in [0.15, 0.2) is 54.6 Å². The summed E-state index contributed by atoms with van der Waals surface area (Å²) in [5, 5.41) is 22.9. The van der Waals surface area contributed by atoms with Crippen LogP contribution in [-0.2, 0) is 29.1 Å². The number of aliphatic hydroxyl groups excluding tert-OH is 2. The van der Waals surface area contributed by atoms with Crippen LogP contribution in [0.4, 0.5) is 13.2 Å². The molecule has 7 nitrogen and oxygen atoms in total. The van der Waals surface area contributed by atoms with Gasteiger partial charge in [0, 0.05) is 16.5 Å². The Morgan fingerprint density at radius 2 is 1.67 bits per heavy atom. The van der Waals surface area contributed by atoms with Gasteiger partial charge in [-0.15, -0.1) is 13.2 Å². The van der Waals surface area contributed by atoms with E-state index in [0.717, 1.165) is 60.2 Å². The quantitative estimate of drug-likeness (QED) is 0.164. The number of methoxy groups -OCH3 is 1. The summed E-state index contributed by atoms with van der Waals surface area (Å²) in [6, 6.07) is 16.6. The fraction of sp³-hybridized carbons (Fsp3) is 0.526. The lowest BCUT2D eigenvalue weighted by Gasteiger charge is -2.25. The molecule has 0 amide bonds. The van der Waals surface area contributed by atoms with E-state index < -0.39 is 12.5 Å². The number of piperidine rings is 1. The highest BCUT2D eigenvalue weighted by molar-refractivity contribution is 5.79. The van der Waals surface area contributed by atoms with E-state index in [1.54, 1.807) is 7.11 Å². The summed E-state index contributed by atoms with van der Waals surface area (Å²) in [6.07, 6.45) is -0.633. The van der Waals surface area contributed by atoms with Crippen LogP contribution in [0.1, 0.15) is 62.6 Å². The molecule has 1 aliphatic heterocycles. The Morgan fingerprint density at radius 1 is 0.875 bits per heavy atom. The van der Waals surface area contributed by atoms with Gasteiger partial charge in [0.15, 0.2) is 0 Å². The van der Waals surface area contributed by atoms with Crippen molar-refractivity contribution in [2.75, 3.05) is 33.4 Å². The number of rotatable bonds is 14. The molecule has 2 atom stereocenters. The van der Waals surface area contributed by atoms with Crippen molar-refractivity contribution in [3.8, 4) is 33.8 Å². The smallest absolute Gasteiger partial charge is 0.496 e. The minimum atomic E-state index is -4.84. The Balaban J connectivity index is 1.51. The highest BCUT2D eigenvalue weighted by Gasteiger charge is 2.32. The first-order chi connectivity index (χ1) is 22.9. The van der Waals surface area contributed by atoms with Gasteiger partial charge in [-0.1, -0.05) is 50.2 Å². The zero-order valence-electron chi connectivity index (χ0n) is 28.1. The maximum Gasteiger partial charge on any atom is 0.573 e. The van der Waals surface area contributed by atoms with E-state index in [9.17, 15) is 23.4 Å². The second-order valence-electron chi connectivity index (χ2n) is 13.9. The SMILES string of the molecule is COc1c(COCC(C)(C)CO)cccc1-c1ccc(-c2cc(COC3CCC(O)C3)cc(OC(F)(F)F)c2)cc1CC1CCNCC1. The molecule has 2 unspecified atom stereocenters. The fourth-order valence-electron chi connectivity index (χ4n) is 6.62. The van der Waals surface area contributed by atoms with Gasteiger partial charge in [0.05, 0.1) is 45.7 Å². The first kappa shape index (κ1) is 36.1. The largest absolute Gasteiger partial charge is 0.573 e. The number of hydrogen-bond donors (Lipinski definition) is 3. The van der Waals surface area contributed by atoms with Crippen LogP contribution in [0.25, 0.3) is 22.3 Å². The van der Waals surface area contributed by atoms with Crippen molar-refractivity contribution in [3.05, 3.63) is 71.3 Å². The lowest BCUT2D eigenvalue weighted by molar-refractivity contribution is -0.274. The zero-order chi connectivity index (χ0) is 34.3. The average Bonchev–Trinajstić information content (AvgIpc) is 3.48. The molecule has 0 bridgehead atoms. The lowest BCUT2D eigenvalue weighted by atomic mass is 9.85. The molecule has 0 aromatic heterocycles. The molecule has 1 heterocycles. The third-order valence-electron chi connectivity index (χ3n) is 9.22. The van der Waals surface area contributed by atoms with Gasteiger partial charge in [-0.05, 0) is 104 Å². The molecular weight excluding hydrogens is 623 g/mol. The van der Waals surface area contributed by atoms with Crippen LogP contribution >= 0.6 is 0 Å². The molecule has 0 radical (unpaired) electrons. The number of aliphatic hydroxyl groups is 2. The minimum absolute atomic E-state index is 0.0149. The van der Waals surface area contributed by atoms with Crippen molar-refractivity contribution >= 4 is 0 Å². The van der Waals surface area contributed by atoms with Crippen molar-refractivity contribution in [2.45, 2.75) is 84.2 Å². The molecule has 1 saturated carbocycles. The van der Waals surface area contributed by atoms with Crippen molar-refractivity contribution in [2.24, 2.45) is 11.3 Å². The van der Waals surface area contributed by atoms with Crippen LogP contribution in [-0.4, -0.2) is 62.2 Å². The van der Waals surface area contributed by atoms with Crippen LogP contribution in [0.5, 0.6) is 11.5 Å². The fourth-order valence-corrected chi connectivity index (χ4v) is 6.62. The van der Waals surface area contributed by atoms with Crippen molar-refractivity contribution in [3.63, 3.8) is 0 Å². The van der Waals surface area contributed by atoms with Gasteiger partial charge < -0.3 is 34.5 Å². The van der Waals surface area contributed by atoms with E-state index in [1.165, 1.54) is 12.1 Å². The topological polar surface area (TPSA) is 89.4 Å². The molecule has 3 N–H and O–H groups in total. The molecule has 10 heteroatoms. The summed E-state index contributed by atoms with van der Waals surface area (Å²) in [7, 11) is 1.64. The molecule has 3 aromatic carbocycles. The van der Waals surface area contributed by atoms with Gasteiger partial charge in [-0.2, -0.15) is 0 Å². The Bertz CT molecular complexity index is 1500. The summed E-state index contributed by atoms with van der Waals surface area (Å²) >= 11 is 0. The summed E-state index contributed by atoms with van der Waals surface area (Å²) in [6.45, 7) is 6.60. The maximum atomic E-state index is 13.4. The Morgan fingerprint density at radius 3 is 2.35 bits per heavy atom. The number of halogens is 3. The zero-order valence-corrected chi connectivity index (χ0v) is 28.1. The highest BCUT2D eigenvalue weighted by Crippen LogP contribution is 2.40. The van der Waals surface area contributed by atoms with E-state index in [4.69, 9.17) is 14.2 Å². The molecule has 0 spiro atoms. The van der Waals surface area contributed by atoms with Crippen molar-refractivity contribution < 1.29 is 42.3 Å². The van der Waals surface area contributed by atoms with Gasteiger partial charge in [0.1, 0.15) is 11.5 Å². The third-order valence-corrected chi connectivity index (χ3v) is 9.22. The standard InChI is InChI=1S/C38H48F3NO6/c1-37(2,23-43)24-46-22-28-5-4-6-35(36(28)45-3)34-10-7-27(18-30(34)15-25-11-13-42-14-12-25)29-16-26(17-33(19-29)48-38(39,40)41)21-47-32-9-8-31(44)20-32/h4-7,10,16-19,25,31-32,42-44H,8-9,11-15,20-24H2,1-3H3. The summed E-state index contributed by atoms with van der Waals surface area (Å²) < 4.78 is 62.5. The predicted molar refractivity (Wildman–Crippen MR) is 179 cm³/mol. The Hall–Kier alpha value is -3.15. The molecule has 2 aliphatic rings. The first-order valence-corrected chi connectivity index (χ1v) is 16.8. The highest BCUT2D eigenvalue weighted by atomic mass is 19.4. The summed E-state index contributed by atoms with van der Waals surface area (Å²) in [5.41, 5.74) is 5.45. The molecule has 5 rings (SSSR count). The lowest BCUT2D eigenvalue weighted by Crippen LogP contribution is -2.28. The number of hydrogen-bond acceptors (Lipinski definition) is 7.